The van der Waals surface area contributed by atoms with Gasteiger partial charge in [-0.15, -0.1) is 0 Å². The van der Waals surface area contributed by atoms with E-state index in [1.54, 1.807) is 0 Å². The third-order valence-electron chi connectivity index (χ3n) is 2.61. The molecule has 0 bridgehead atoms. The van der Waals surface area contributed by atoms with Gasteiger partial charge in [0.2, 0.25) is 0 Å². The van der Waals surface area contributed by atoms with Crippen molar-refractivity contribution in [2.24, 2.45) is 0 Å². The molecule has 0 radical (unpaired) electrons. The molecular weight excluding hydrogens is 162 g/mol. The van der Waals surface area contributed by atoms with Gasteiger partial charge in [0.1, 0.15) is 0 Å². The van der Waals surface area contributed by atoms with Gasteiger partial charge in [0.15, 0.2) is 5.76 Å². The zero-order chi connectivity index (χ0) is 8.84. The molecule has 0 spiro atoms. The monoisotopic (exact) mass is 171 g/mol. The molecule has 0 fully saturated rings. The van der Waals surface area contributed by atoms with E-state index in [1.807, 2.05) is 13.0 Å². The van der Waals surface area contributed by atoms with Crippen LogP contribution in [0, 0.1) is 6.92 Å². The maximum Gasteiger partial charge on any atom is 0.170 e. The Morgan fingerprint density at radius 1 is 1.31 bits per heavy atom. The van der Waals surface area contributed by atoms with Gasteiger partial charge in [-0.1, -0.05) is 29.4 Å². The van der Waals surface area contributed by atoms with Gasteiger partial charge in [-0.25, -0.2) is 0 Å². The summed E-state index contributed by atoms with van der Waals surface area (Å²) in [4.78, 5) is 0. The first-order valence-electron chi connectivity index (χ1n) is 4.39. The van der Waals surface area contributed by atoms with Gasteiger partial charge in [0, 0.05) is 17.5 Å². The summed E-state index contributed by atoms with van der Waals surface area (Å²) in [6.45, 7) is 1.99. The molecule has 0 atom stereocenters. The van der Waals surface area contributed by atoms with Crippen LogP contribution in [0.1, 0.15) is 16.8 Å². The van der Waals surface area contributed by atoms with E-state index in [-0.39, 0.29) is 0 Å². The topological polar surface area (TPSA) is 26.0 Å². The van der Waals surface area contributed by atoms with Crippen LogP contribution in [0.5, 0.6) is 0 Å². The minimum Gasteiger partial charge on any atom is -0.356 e. The Kier molecular flexibility index (Phi) is 1.18. The van der Waals surface area contributed by atoms with Crippen LogP contribution in [0.4, 0.5) is 0 Å². The molecule has 13 heavy (non-hydrogen) atoms. The zero-order valence-corrected chi connectivity index (χ0v) is 7.37. The molecule has 0 saturated heterocycles. The van der Waals surface area contributed by atoms with Crippen LogP contribution in [0.2, 0.25) is 0 Å². The van der Waals surface area contributed by atoms with Crippen molar-refractivity contribution < 1.29 is 4.52 Å². The first-order chi connectivity index (χ1) is 6.36. The van der Waals surface area contributed by atoms with Crippen LogP contribution in [-0.4, -0.2) is 5.16 Å². The standard InChI is InChI=1S/C11H9NO/c1-7-10-6-8-4-2-3-5-9(8)11(10)13-12-7/h2-5H,6H2,1H3. The van der Waals surface area contributed by atoms with Gasteiger partial charge in [-0.05, 0) is 12.5 Å². The van der Waals surface area contributed by atoms with Gasteiger partial charge < -0.3 is 4.52 Å². The maximum atomic E-state index is 5.28. The van der Waals surface area contributed by atoms with Crippen molar-refractivity contribution in [1.82, 2.24) is 5.16 Å². The van der Waals surface area contributed by atoms with E-state index in [4.69, 9.17) is 4.52 Å². The van der Waals surface area contributed by atoms with Gasteiger partial charge in [0.25, 0.3) is 0 Å². The zero-order valence-electron chi connectivity index (χ0n) is 7.37. The lowest BCUT2D eigenvalue weighted by Gasteiger charge is -1.94. The highest BCUT2D eigenvalue weighted by Gasteiger charge is 2.24. The summed E-state index contributed by atoms with van der Waals surface area (Å²) in [5.41, 5.74) is 4.83. The Labute approximate surface area is 76.2 Å². The van der Waals surface area contributed by atoms with E-state index in [9.17, 15) is 0 Å². The predicted octanol–water partition coefficient (Wildman–Crippen LogP) is 2.55. The molecule has 1 aromatic carbocycles. The maximum absolute atomic E-state index is 5.28. The first-order valence-corrected chi connectivity index (χ1v) is 4.39. The van der Waals surface area contributed by atoms with Gasteiger partial charge in [-0.3, -0.25) is 0 Å². The van der Waals surface area contributed by atoms with Crippen molar-refractivity contribution in [2.45, 2.75) is 13.3 Å². The summed E-state index contributed by atoms with van der Waals surface area (Å²) in [5, 5.41) is 3.96. The summed E-state index contributed by atoms with van der Waals surface area (Å²) in [5.74, 6) is 0.966. The molecular formula is C11H9NO. The Balaban J connectivity index is 2.32. The molecule has 0 amide bonds. The Bertz CT molecular complexity index is 471. The average Bonchev–Trinajstić information content (AvgIpc) is 2.67. The number of hydrogen-bond donors (Lipinski definition) is 0. The number of fused-ring (bicyclic) bond motifs is 3. The smallest absolute Gasteiger partial charge is 0.170 e. The van der Waals surface area contributed by atoms with Crippen LogP contribution >= 0.6 is 0 Å². The minimum absolute atomic E-state index is 0.966. The molecule has 0 aliphatic heterocycles. The van der Waals surface area contributed by atoms with Crippen molar-refractivity contribution in [3.8, 4) is 11.3 Å². The average molecular weight is 171 g/mol. The number of nitrogens with zero attached hydrogens (tertiary/aromatic N) is 1. The van der Waals surface area contributed by atoms with E-state index >= 15 is 0 Å². The molecule has 0 unspecified atom stereocenters. The number of hydrogen-bond acceptors (Lipinski definition) is 2. The molecule has 0 N–H and O–H groups in total. The third-order valence-corrected chi connectivity index (χ3v) is 2.61. The molecule has 1 aliphatic carbocycles. The highest BCUT2D eigenvalue weighted by molar-refractivity contribution is 5.72. The molecule has 3 rings (SSSR count). The highest BCUT2D eigenvalue weighted by Crippen LogP contribution is 2.37. The quantitative estimate of drug-likeness (QED) is 0.519. The van der Waals surface area contributed by atoms with Crippen LogP contribution in [0.3, 0.4) is 0 Å². The van der Waals surface area contributed by atoms with Crippen LogP contribution in [0.25, 0.3) is 11.3 Å². The van der Waals surface area contributed by atoms with E-state index in [1.165, 1.54) is 16.7 Å². The van der Waals surface area contributed by atoms with Crippen molar-refractivity contribution in [2.75, 3.05) is 0 Å². The van der Waals surface area contributed by atoms with Gasteiger partial charge in [-0.2, -0.15) is 0 Å². The molecule has 2 heteroatoms. The Hall–Kier alpha value is -1.57. The summed E-state index contributed by atoms with van der Waals surface area (Å²) >= 11 is 0. The second-order valence-corrected chi connectivity index (χ2v) is 3.41. The molecule has 64 valence electrons. The normalized spacial score (nSPS) is 12.7. The first kappa shape index (κ1) is 6.89. The minimum atomic E-state index is 0.966. The van der Waals surface area contributed by atoms with Crippen LogP contribution in [0.15, 0.2) is 28.8 Å². The molecule has 1 heterocycles. The summed E-state index contributed by atoms with van der Waals surface area (Å²) in [7, 11) is 0. The largest absolute Gasteiger partial charge is 0.356 e. The molecule has 0 saturated carbocycles. The number of aryl methyl sites for hydroxylation is 1. The van der Waals surface area contributed by atoms with Crippen molar-refractivity contribution in [3.05, 3.63) is 41.1 Å². The van der Waals surface area contributed by atoms with Crippen molar-refractivity contribution >= 4 is 0 Å². The van der Waals surface area contributed by atoms with Crippen LogP contribution in [-0.2, 0) is 6.42 Å². The van der Waals surface area contributed by atoms with E-state index < -0.39 is 0 Å². The van der Waals surface area contributed by atoms with Crippen molar-refractivity contribution in [3.63, 3.8) is 0 Å². The SMILES string of the molecule is Cc1noc2c1Cc1ccccc1-2. The fourth-order valence-corrected chi connectivity index (χ4v) is 1.89. The summed E-state index contributed by atoms with van der Waals surface area (Å²) < 4.78 is 5.28. The second-order valence-electron chi connectivity index (χ2n) is 3.41. The lowest BCUT2D eigenvalue weighted by atomic mass is 10.1. The van der Waals surface area contributed by atoms with Crippen molar-refractivity contribution in [1.29, 1.82) is 0 Å². The summed E-state index contributed by atoms with van der Waals surface area (Å²) in [6, 6.07) is 8.33. The molecule has 2 nitrogen and oxygen atoms in total. The molecule has 1 aliphatic rings. The van der Waals surface area contributed by atoms with E-state index in [2.05, 4.69) is 23.4 Å². The number of aromatic nitrogens is 1. The third kappa shape index (κ3) is 0.800. The van der Waals surface area contributed by atoms with E-state index in [0.29, 0.717) is 0 Å². The lowest BCUT2D eigenvalue weighted by Crippen LogP contribution is -1.82. The predicted molar refractivity (Wildman–Crippen MR) is 49.5 cm³/mol. The van der Waals surface area contributed by atoms with Gasteiger partial charge in [0.05, 0.1) is 5.69 Å². The Morgan fingerprint density at radius 2 is 2.15 bits per heavy atom. The second kappa shape index (κ2) is 2.22. The molecule has 2 aromatic rings. The number of benzene rings is 1. The van der Waals surface area contributed by atoms with Gasteiger partial charge >= 0.3 is 0 Å². The lowest BCUT2D eigenvalue weighted by molar-refractivity contribution is 0.427. The highest BCUT2D eigenvalue weighted by atomic mass is 16.5. The summed E-state index contributed by atoms with van der Waals surface area (Å²) in [6.07, 6.45) is 0.973. The Morgan fingerprint density at radius 3 is 3.08 bits per heavy atom. The molecule has 1 aromatic heterocycles. The fraction of sp³-hybridized carbons (Fsp3) is 0.182. The van der Waals surface area contributed by atoms with Crippen LogP contribution < -0.4 is 0 Å². The van der Waals surface area contributed by atoms with E-state index in [0.717, 1.165) is 17.9 Å². The number of rotatable bonds is 0. The fourth-order valence-electron chi connectivity index (χ4n) is 1.89.